The summed E-state index contributed by atoms with van der Waals surface area (Å²) in [5.74, 6) is -0.0809. The van der Waals surface area contributed by atoms with Gasteiger partial charge in [0.2, 0.25) is 0 Å². The molecule has 0 aromatic heterocycles. The molecule has 0 aromatic rings. The van der Waals surface area contributed by atoms with Crippen LogP contribution in [0.15, 0.2) is 0 Å². The van der Waals surface area contributed by atoms with Crippen LogP contribution in [-0.4, -0.2) is 50.0 Å². The van der Waals surface area contributed by atoms with Gasteiger partial charge in [-0.15, -0.1) is 0 Å². The van der Waals surface area contributed by atoms with Crippen molar-refractivity contribution in [2.45, 2.75) is 12.6 Å². The minimum Gasteiger partial charge on any atom is -0.371 e. The minimum atomic E-state index is -4.37. The highest BCUT2D eigenvalue weighted by atomic mass is 79.9. The van der Waals surface area contributed by atoms with Crippen LogP contribution in [0.5, 0.6) is 0 Å². The van der Waals surface area contributed by atoms with Crippen molar-refractivity contribution < 1.29 is 26.3 Å². The van der Waals surface area contributed by atoms with Crippen LogP contribution in [0.2, 0.25) is 0 Å². The van der Waals surface area contributed by atoms with E-state index in [1.54, 1.807) is 0 Å². The van der Waals surface area contributed by atoms with Gasteiger partial charge in [0.1, 0.15) is 6.61 Å². The van der Waals surface area contributed by atoms with E-state index in [0.717, 1.165) is 0 Å². The summed E-state index contributed by atoms with van der Waals surface area (Å²) in [6.45, 7) is -1.43. The summed E-state index contributed by atoms with van der Waals surface area (Å²) in [7, 11) is -3.07. The van der Waals surface area contributed by atoms with Crippen molar-refractivity contribution in [2.75, 3.05) is 35.4 Å². The highest BCUT2D eigenvalue weighted by Crippen LogP contribution is 2.39. The third kappa shape index (κ3) is 5.17. The maximum absolute atomic E-state index is 12.1. The SMILES string of the molecule is O=S1(=O)CCC(C(CBr)(CBr)COCC(F)(F)F)C1. The van der Waals surface area contributed by atoms with Crippen LogP contribution in [0.1, 0.15) is 6.42 Å². The van der Waals surface area contributed by atoms with Gasteiger partial charge in [-0.25, -0.2) is 8.42 Å². The van der Waals surface area contributed by atoms with Crippen molar-refractivity contribution in [1.82, 2.24) is 0 Å². The Hall–Kier alpha value is 0.660. The average molecular weight is 432 g/mol. The van der Waals surface area contributed by atoms with Crippen LogP contribution in [0.25, 0.3) is 0 Å². The summed E-state index contributed by atoms with van der Waals surface area (Å²) in [4.78, 5) is 0. The van der Waals surface area contributed by atoms with Crippen molar-refractivity contribution in [3.63, 3.8) is 0 Å². The Morgan fingerprint density at radius 1 is 1.16 bits per heavy atom. The van der Waals surface area contributed by atoms with Crippen LogP contribution in [-0.2, 0) is 14.6 Å². The van der Waals surface area contributed by atoms with Gasteiger partial charge in [-0.2, -0.15) is 13.2 Å². The molecule has 1 aliphatic rings. The molecule has 1 atom stereocenters. The number of alkyl halides is 5. The first-order chi connectivity index (χ1) is 8.64. The van der Waals surface area contributed by atoms with Gasteiger partial charge in [0.15, 0.2) is 9.84 Å². The maximum atomic E-state index is 12.1. The minimum absolute atomic E-state index is 0.0135. The van der Waals surface area contributed by atoms with Gasteiger partial charge in [0.05, 0.1) is 18.1 Å². The van der Waals surface area contributed by atoms with Gasteiger partial charge in [0.25, 0.3) is 0 Å². The molecule has 1 rings (SSSR count). The second-order valence-corrected chi connectivity index (χ2v) is 8.19. The monoisotopic (exact) mass is 430 g/mol. The van der Waals surface area contributed by atoms with Gasteiger partial charge in [-0.05, 0) is 12.3 Å². The molecule has 9 heteroatoms. The first-order valence-electron chi connectivity index (χ1n) is 5.61. The Balaban J connectivity index is 2.69. The standard InChI is InChI=1S/C10H15Br2F3O3S/c11-4-9(5-12,6-18-7-10(13,14)15)8-1-2-19(16,17)3-8/h8H,1-7H2. The number of hydrogen-bond acceptors (Lipinski definition) is 3. The van der Waals surface area contributed by atoms with E-state index in [9.17, 15) is 21.6 Å². The molecule has 1 heterocycles. The van der Waals surface area contributed by atoms with Crippen LogP contribution in [0.4, 0.5) is 13.2 Å². The van der Waals surface area contributed by atoms with Gasteiger partial charge in [-0.1, -0.05) is 31.9 Å². The molecule has 1 unspecified atom stereocenters. The number of sulfone groups is 1. The maximum Gasteiger partial charge on any atom is 0.411 e. The van der Waals surface area contributed by atoms with E-state index in [-0.39, 0.29) is 24.0 Å². The summed E-state index contributed by atoms with van der Waals surface area (Å²) in [5, 5.41) is 0.784. The zero-order valence-corrected chi connectivity index (χ0v) is 14.0. The van der Waals surface area contributed by atoms with Crippen LogP contribution in [0, 0.1) is 11.3 Å². The third-order valence-corrected chi connectivity index (χ3v) is 7.29. The molecule has 0 bridgehead atoms. The molecule has 0 radical (unpaired) electrons. The molecular formula is C10H15Br2F3O3S. The zero-order chi connectivity index (χ0) is 14.7. The van der Waals surface area contributed by atoms with E-state index in [1.165, 1.54) is 0 Å². The van der Waals surface area contributed by atoms with Crippen molar-refractivity contribution in [2.24, 2.45) is 11.3 Å². The molecule has 3 nitrogen and oxygen atoms in total. The Morgan fingerprint density at radius 3 is 2.11 bits per heavy atom. The lowest BCUT2D eigenvalue weighted by Gasteiger charge is -2.35. The highest BCUT2D eigenvalue weighted by molar-refractivity contribution is 9.09. The molecule has 0 amide bonds. The third-order valence-electron chi connectivity index (χ3n) is 3.29. The number of rotatable bonds is 6. The molecular weight excluding hydrogens is 417 g/mol. The lowest BCUT2D eigenvalue weighted by Crippen LogP contribution is -2.40. The molecule has 114 valence electrons. The first kappa shape index (κ1) is 17.7. The predicted molar refractivity (Wildman–Crippen MR) is 73.7 cm³/mol. The summed E-state index contributed by atoms with van der Waals surface area (Å²) < 4.78 is 64.0. The van der Waals surface area contributed by atoms with Crippen molar-refractivity contribution in [1.29, 1.82) is 0 Å². The number of halogens is 5. The molecule has 1 aliphatic heterocycles. The topological polar surface area (TPSA) is 43.4 Å². The van der Waals surface area contributed by atoms with Gasteiger partial charge >= 0.3 is 6.18 Å². The number of ether oxygens (including phenoxy) is 1. The normalized spacial score (nSPS) is 23.7. The Labute approximate surface area is 127 Å². The smallest absolute Gasteiger partial charge is 0.371 e. The molecule has 0 aliphatic carbocycles. The number of hydrogen-bond donors (Lipinski definition) is 0. The molecule has 0 N–H and O–H groups in total. The van der Waals surface area contributed by atoms with Crippen molar-refractivity contribution in [3.05, 3.63) is 0 Å². The molecule has 1 saturated heterocycles. The van der Waals surface area contributed by atoms with Gasteiger partial charge < -0.3 is 4.74 Å². The van der Waals surface area contributed by atoms with E-state index in [4.69, 9.17) is 4.74 Å². The van der Waals surface area contributed by atoms with E-state index in [0.29, 0.717) is 17.1 Å². The molecule has 0 aromatic carbocycles. The fraction of sp³-hybridized carbons (Fsp3) is 1.00. The average Bonchev–Trinajstić information content (AvgIpc) is 2.64. The Morgan fingerprint density at radius 2 is 1.74 bits per heavy atom. The van der Waals surface area contributed by atoms with Crippen molar-refractivity contribution in [3.8, 4) is 0 Å². The Kier molecular flexibility index (Phi) is 6.17. The van der Waals surface area contributed by atoms with Crippen LogP contribution in [0.3, 0.4) is 0 Å². The summed E-state index contributed by atoms with van der Waals surface area (Å²) >= 11 is 6.55. The van der Waals surface area contributed by atoms with Gasteiger partial charge in [-0.3, -0.25) is 0 Å². The summed E-state index contributed by atoms with van der Waals surface area (Å²) in [6, 6.07) is 0. The van der Waals surface area contributed by atoms with E-state index in [1.807, 2.05) is 0 Å². The zero-order valence-electron chi connectivity index (χ0n) is 10.0. The molecule has 1 fully saturated rings. The molecule has 19 heavy (non-hydrogen) atoms. The van der Waals surface area contributed by atoms with Gasteiger partial charge in [0, 0.05) is 16.1 Å². The lowest BCUT2D eigenvalue weighted by atomic mass is 9.79. The highest BCUT2D eigenvalue weighted by Gasteiger charge is 2.44. The van der Waals surface area contributed by atoms with Crippen LogP contribution >= 0.6 is 31.9 Å². The molecule has 0 spiro atoms. The fourth-order valence-corrected chi connectivity index (χ4v) is 6.21. The quantitative estimate of drug-likeness (QED) is 0.607. The van der Waals surface area contributed by atoms with Crippen LogP contribution < -0.4 is 0 Å². The first-order valence-corrected chi connectivity index (χ1v) is 9.67. The molecule has 0 saturated carbocycles. The van der Waals surface area contributed by atoms with Crippen molar-refractivity contribution >= 4 is 41.7 Å². The Bertz CT molecular complexity index is 393. The second kappa shape index (κ2) is 6.62. The predicted octanol–water partition coefficient (Wildman–Crippen LogP) is 2.78. The summed E-state index contributed by atoms with van der Waals surface area (Å²) in [6.07, 6.45) is -3.90. The van der Waals surface area contributed by atoms with E-state index in [2.05, 4.69) is 31.9 Å². The fourth-order valence-electron chi connectivity index (χ4n) is 2.10. The second-order valence-electron chi connectivity index (χ2n) is 4.84. The van der Waals surface area contributed by atoms with E-state index >= 15 is 0 Å². The van der Waals surface area contributed by atoms with E-state index < -0.39 is 28.0 Å². The summed E-state index contributed by atoms with van der Waals surface area (Å²) in [5.41, 5.74) is -0.630. The lowest BCUT2D eigenvalue weighted by molar-refractivity contribution is -0.180. The largest absolute Gasteiger partial charge is 0.411 e.